The van der Waals surface area contributed by atoms with Crippen molar-refractivity contribution in [3.8, 4) is 0 Å². The van der Waals surface area contributed by atoms with Crippen LogP contribution in [0.15, 0.2) is 72.0 Å². The molecule has 0 aliphatic rings. The normalized spacial score (nSPS) is 11.1. The van der Waals surface area contributed by atoms with Crippen molar-refractivity contribution >= 4 is 40.6 Å². The Labute approximate surface area is 201 Å². The highest BCUT2D eigenvalue weighted by molar-refractivity contribution is 6.07. The van der Waals surface area contributed by atoms with E-state index in [0.29, 0.717) is 23.4 Å². The Morgan fingerprint density at radius 3 is 2.66 bits per heavy atom. The second-order valence-corrected chi connectivity index (χ2v) is 7.83. The number of benzene rings is 2. The third kappa shape index (κ3) is 5.44. The van der Waals surface area contributed by atoms with E-state index in [4.69, 9.17) is 15.9 Å². The van der Waals surface area contributed by atoms with Gasteiger partial charge in [-0.2, -0.15) is 5.10 Å². The molecule has 1 amide bonds. The number of fused-ring (bicyclic) bond motifs is 1. The Bertz CT molecular complexity index is 1370. The number of rotatable bonds is 9. The topological polar surface area (TPSA) is 139 Å². The summed E-state index contributed by atoms with van der Waals surface area (Å²) in [7, 11) is 1.92. The number of aliphatic carboxylic acids is 1. The van der Waals surface area contributed by atoms with E-state index in [2.05, 4.69) is 15.4 Å². The van der Waals surface area contributed by atoms with Crippen molar-refractivity contribution in [2.24, 2.45) is 18.0 Å². The molecule has 0 spiro atoms. The summed E-state index contributed by atoms with van der Waals surface area (Å²) in [6.07, 6.45) is 2.95. The number of carboxylic acids is 1. The number of carboxylic acid groups (broad SMARTS) is 1. The van der Waals surface area contributed by atoms with E-state index in [-0.39, 0.29) is 18.9 Å². The maximum Gasteiger partial charge on any atom is 0.305 e. The lowest BCUT2D eigenvalue weighted by molar-refractivity contribution is -0.136. The predicted octanol–water partition coefficient (Wildman–Crippen LogP) is 2.99. The van der Waals surface area contributed by atoms with Crippen molar-refractivity contribution in [3.05, 3.63) is 83.8 Å². The molecular formula is C25H25N7O3. The molecule has 0 bridgehead atoms. The molecule has 4 N–H and O–H groups in total. The molecule has 2 heterocycles. The monoisotopic (exact) mass is 471 g/mol. The van der Waals surface area contributed by atoms with Crippen molar-refractivity contribution in [3.63, 3.8) is 0 Å². The van der Waals surface area contributed by atoms with Gasteiger partial charge < -0.3 is 20.8 Å². The molecule has 0 radical (unpaired) electrons. The lowest BCUT2D eigenvalue weighted by Crippen LogP contribution is -2.33. The van der Waals surface area contributed by atoms with Crippen molar-refractivity contribution in [2.45, 2.75) is 13.0 Å². The molecule has 10 nitrogen and oxygen atoms in total. The molecule has 0 aliphatic heterocycles. The first-order chi connectivity index (χ1) is 17.0. The van der Waals surface area contributed by atoms with Crippen LogP contribution in [0.3, 0.4) is 0 Å². The number of aromatic nitrogens is 3. The van der Waals surface area contributed by atoms with Gasteiger partial charge in [-0.3, -0.25) is 14.5 Å². The van der Waals surface area contributed by atoms with E-state index < -0.39 is 5.97 Å². The van der Waals surface area contributed by atoms with Gasteiger partial charge in [0.1, 0.15) is 11.6 Å². The number of carbonyl (C=O) groups is 2. The number of hydrogen-bond acceptors (Lipinski definition) is 7. The standard InChI is InChI=1S/C25H25N7O3/c1-31-21-10-7-18(25(35)32(13-11-24(33)34)22-4-2-3-12-27-22)14-20(21)30-23(31)16-28-19-8-5-17(6-9-19)15-29-26/h2-10,12,14-15,28H,11,13,16,26H2,1H3,(H,33,34). The van der Waals surface area contributed by atoms with Crippen LogP contribution in [0.5, 0.6) is 0 Å². The fraction of sp³-hybridized carbons (Fsp3) is 0.160. The van der Waals surface area contributed by atoms with Gasteiger partial charge in [-0.1, -0.05) is 18.2 Å². The van der Waals surface area contributed by atoms with E-state index in [9.17, 15) is 9.59 Å². The van der Waals surface area contributed by atoms with Crippen molar-refractivity contribution < 1.29 is 14.7 Å². The van der Waals surface area contributed by atoms with E-state index in [1.54, 1.807) is 42.7 Å². The molecule has 0 saturated carbocycles. The quantitative estimate of drug-likeness (QED) is 0.194. The summed E-state index contributed by atoms with van der Waals surface area (Å²) in [5, 5.41) is 16.0. The molecule has 10 heteroatoms. The Morgan fingerprint density at radius 1 is 1.17 bits per heavy atom. The zero-order valence-electron chi connectivity index (χ0n) is 19.1. The van der Waals surface area contributed by atoms with E-state index >= 15 is 0 Å². The van der Waals surface area contributed by atoms with E-state index in [1.807, 2.05) is 41.9 Å². The molecule has 0 fully saturated rings. The molecule has 0 aliphatic carbocycles. The van der Waals surface area contributed by atoms with Gasteiger partial charge in [-0.15, -0.1) is 0 Å². The van der Waals surface area contributed by atoms with Crippen LogP contribution in [0, 0.1) is 0 Å². The minimum absolute atomic E-state index is 0.0104. The summed E-state index contributed by atoms with van der Waals surface area (Å²) in [5.74, 6) is 5.05. The Balaban J connectivity index is 1.55. The predicted molar refractivity (Wildman–Crippen MR) is 134 cm³/mol. The molecule has 4 aromatic rings. The minimum Gasteiger partial charge on any atom is -0.481 e. The second kappa shape index (κ2) is 10.5. The van der Waals surface area contributed by atoms with Crippen LogP contribution in [0.2, 0.25) is 0 Å². The number of carbonyl (C=O) groups excluding carboxylic acids is 1. The fourth-order valence-corrected chi connectivity index (χ4v) is 3.69. The lowest BCUT2D eigenvalue weighted by Gasteiger charge is -2.21. The molecule has 0 unspecified atom stereocenters. The zero-order chi connectivity index (χ0) is 24.8. The maximum atomic E-state index is 13.3. The lowest BCUT2D eigenvalue weighted by atomic mass is 10.1. The summed E-state index contributed by atoms with van der Waals surface area (Å²) in [6, 6.07) is 18.1. The number of imidazole rings is 1. The zero-order valence-corrected chi connectivity index (χ0v) is 19.1. The van der Waals surface area contributed by atoms with Gasteiger partial charge in [0.05, 0.1) is 30.2 Å². The first-order valence-corrected chi connectivity index (χ1v) is 10.9. The Morgan fingerprint density at radius 2 is 1.97 bits per heavy atom. The molecule has 35 heavy (non-hydrogen) atoms. The third-order valence-corrected chi connectivity index (χ3v) is 5.53. The molecule has 2 aromatic heterocycles. The summed E-state index contributed by atoms with van der Waals surface area (Å²) >= 11 is 0. The average molecular weight is 472 g/mol. The van der Waals surface area contributed by atoms with Crippen LogP contribution in [0.25, 0.3) is 11.0 Å². The Hall–Kier alpha value is -4.73. The van der Waals surface area contributed by atoms with Gasteiger partial charge in [0, 0.05) is 31.0 Å². The molecule has 4 rings (SSSR count). The van der Waals surface area contributed by atoms with Gasteiger partial charge in [0.15, 0.2) is 0 Å². The molecule has 0 saturated heterocycles. The van der Waals surface area contributed by atoms with Crippen molar-refractivity contribution in [2.75, 3.05) is 16.8 Å². The Kier molecular flexibility index (Phi) is 7.01. The number of pyridine rings is 1. The van der Waals surface area contributed by atoms with Gasteiger partial charge in [-0.05, 0) is 48.0 Å². The van der Waals surface area contributed by atoms with Crippen LogP contribution >= 0.6 is 0 Å². The smallest absolute Gasteiger partial charge is 0.305 e. The van der Waals surface area contributed by atoms with Gasteiger partial charge in [0.2, 0.25) is 0 Å². The number of anilines is 2. The highest BCUT2D eigenvalue weighted by Crippen LogP contribution is 2.21. The van der Waals surface area contributed by atoms with Crippen molar-refractivity contribution in [1.82, 2.24) is 14.5 Å². The largest absolute Gasteiger partial charge is 0.481 e. The minimum atomic E-state index is -0.988. The van der Waals surface area contributed by atoms with Crippen LogP contribution in [-0.4, -0.2) is 44.3 Å². The van der Waals surface area contributed by atoms with Gasteiger partial charge in [0.25, 0.3) is 5.91 Å². The van der Waals surface area contributed by atoms with Crippen LogP contribution in [-0.2, 0) is 18.4 Å². The molecule has 178 valence electrons. The first-order valence-electron chi connectivity index (χ1n) is 10.9. The fourth-order valence-electron chi connectivity index (χ4n) is 3.69. The summed E-state index contributed by atoms with van der Waals surface area (Å²) in [4.78, 5) is 34.7. The number of hydrogen-bond donors (Lipinski definition) is 3. The van der Waals surface area contributed by atoms with E-state index in [0.717, 1.165) is 22.6 Å². The van der Waals surface area contributed by atoms with Crippen LogP contribution < -0.4 is 16.1 Å². The summed E-state index contributed by atoms with van der Waals surface area (Å²) in [5.41, 5.74) is 3.78. The maximum absolute atomic E-state index is 13.3. The number of nitrogens with one attached hydrogen (secondary N) is 1. The van der Waals surface area contributed by atoms with Crippen LogP contribution in [0.1, 0.15) is 28.2 Å². The number of amides is 1. The highest BCUT2D eigenvalue weighted by atomic mass is 16.4. The molecule has 2 aromatic carbocycles. The molecule has 0 atom stereocenters. The SMILES string of the molecule is Cn1c(CNc2ccc(C=NN)cc2)nc2cc(C(=O)N(CCC(=O)O)c3ccccn3)ccc21. The second-order valence-electron chi connectivity index (χ2n) is 7.83. The van der Waals surface area contributed by atoms with Crippen LogP contribution in [0.4, 0.5) is 11.5 Å². The van der Waals surface area contributed by atoms with E-state index in [1.165, 1.54) is 4.90 Å². The summed E-state index contributed by atoms with van der Waals surface area (Å²) < 4.78 is 1.97. The number of hydrazone groups is 1. The van der Waals surface area contributed by atoms with Gasteiger partial charge in [-0.25, -0.2) is 9.97 Å². The molecular weight excluding hydrogens is 446 g/mol. The number of nitrogens with two attached hydrogens (primary N) is 1. The summed E-state index contributed by atoms with van der Waals surface area (Å²) in [6.45, 7) is 0.494. The van der Waals surface area contributed by atoms with Gasteiger partial charge >= 0.3 is 5.97 Å². The average Bonchev–Trinajstić information content (AvgIpc) is 3.19. The third-order valence-electron chi connectivity index (χ3n) is 5.53. The number of aryl methyl sites for hydroxylation is 1. The number of nitrogens with zero attached hydrogens (tertiary/aromatic N) is 5. The first kappa shape index (κ1) is 23.4. The van der Waals surface area contributed by atoms with Crippen molar-refractivity contribution in [1.29, 1.82) is 0 Å². The highest BCUT2D eigenvalue weighted by Gasteiger charge is 2.21.